The number of amides is 1. The molecule has 0 unspecified atom stereocenters. The van der Waals surface area contributed by atoms with Gasteiger partial charge in [0.15, 0.2) is 0 Å². The molecule has 0 aliphatic heterocycles. The summed E-state index contributed by atoms with van der Waals surface area (Å²) in [6, 6.07) is 5.10. The molecule has 1 aromatic carbocycles. The topological polar surface area (TPSA) is 67.8 Å². The van der Waals surface area contributed by atoms with E-state index in [1.807, 2.05) is 0 Å². The molecule has 2 N–H and O–H groups in total. The Labute approximate surface area is 131 Å². The number of methoxy groups -OCH3 is 2. The first-order valence-electron chi connectivity index (χ1n) is 7.74. The Balaban J connectivity index is 2.05. The van der Waals surface area contributed by atoms with Crippen molar-refractivity contribution in [1.82, 2.24) is 5.32 Å². The molecule has 0 spiro atoms. The summed E-state index contributed by atoms with van der Waals surface area (Å²) in [5.41, 5.74) is 0.330. The zero-order chi connectivity index (χ0) is 16.0. The van der Waals surface area contributed by atoms with Crippen molar-refractivity contribution in [3.05, 3.63) is 23.8 Å². The number of aliphatic hydroxyl groups excluding tert-OH is 1. The van der Waals surface area contributed by atoms with Gasteiger partial charge in [0.05, 0.1) is 20.8 Å². The summed E-state index contributed by atoms with van der Waals surface area (Å²) in [5.74, 6) is 0.994. The lowest BCUT2D eigenvalue weighted by Crippen LogP contribution is -2.41. The Hall–Kier alpha value is -1.75. The Bertz CT molecular complexity index is 487. The fraction of sp³-hybridized carbons (Fsp3) is 0.588. The Kier molecular flexibility index (Phi) is 5.66. The van der Waals surface area contributed by atoms with Gasteiger partial charge in [0.1, 0.15) is 11.5 Å². The first kappa shape index (κ1) is 16.6. The van der Waals surface area contributed by atoms with Crippen LogP contribution in [0.15, 0.2) is 18.2 Å². The Morgan fingerprint density at radius 3 is 2.23 bits per heavy atom. The maximum absolute atomic E-state index is 12.4. The highest BCUT2D eigenvalue weighted by Crippen LogP contribution is 2.35. The van der Waals surface area contributed by atoms with Crippen molar-refractivity contribution in [3.8, 4) is 11.5 Å². The van der Waals surface area contributed by atoms with Gasteiger partial charge in [-0.2, -0.15) is 0 Å². The van der Waals surface area contributed by atoms with Crippen LogP contribution in [0.25, 0.3) is 0 Å². The first-order valence-corrected chi connectivity index (χ1v) is 7.74. The van der Waals surface area contributed by atoms with Crippen LogP contribution in [-0.2, 0) is 0 Å². The first-order chi connectivity index (χ1) is 10.6. The average molecular weight is 307 g/mol. The van der Waals surface area contributed by atoms with Crippen LogP contribution in [0.5, 0.6) is 11.5 Å². The van der Waals surface area contributed by atoms with Crippen LogP contribution in [0.1, 0.15) is 42.5 Å². The van der Waals surface area contributed by atoms with Gasteiger partial charge in [-0.05, 0) is 25.0 Å². The van der Waals surface area contributed by atoms with Crippen molar-refractivity contribution >= 4 is 5.91 Å². The molecule has 0 aromatic heterocycles. The zero-order valence-electron chi connectivity index (χ0n) is 13.4. The molecule has 1 saturated carbocycles. The highest BCUT2D eigenvalue weighted by molar-refractivity contribution is 5.95. The molecule has 0 bridgehead atoms. The lowest BCUT2D eigenvalue weighted by molar-refractivity contribution is 0.0717. The van der Waals surface area contributed by atoms with E-state index >= 15 is 0 Å². The minimum absolute atomic E-state index is 0.120. The summed E-state index contributed by atoms with van der Waals surface area (Å²) in [6.07, 6.45) is 5.37. The molecule has 22 heavy (non-hydrogen) atoms. The lowest BCUT2D eigenvalue weighted by atomic mass is 9.74. The van der Waals surface area contributed by atoms with Crippen molar-refractivity contribution in [2.75, 3.05) is 27.4 Å². The van der Waals surface area contributed by atoms with Gasteiger partial charge in [0, 0.05) is 23.6 Å². The van der Waals surface area contributed by atoms with Crippen LogP contribution in [0, 0.1) is 5.41 Å². The van der Waals surface area contributed by atoms with E-state index in [-0.39, 0.29) is 17.9 Å². The fourth-order valence-electron chi connectivity index (χ4n) is 3.00. The lowest BCUT2D eigenvalue weighted by Gasteiger charge is -2.35. The predicted octanol–water partition coefficient (Wildman–Crippen LogP) is 2.38. The molecule has 1 fully saturated rings. The Morgan fingerprint density at radius 1 is 1.14 bits per heavy atom. The van der Waals surface area contributed by atoms with Gasteiger partial charge in [0.25, 0.3) is 5.91 Å². The molecule has 0 saturated heterocycles. The van der Waals surface area contributed by atoms with Gasteiger partial charge >= 0.3 is 0 Å². The summed E-state index contributed by atoms with van der Waals surface area (Å²) in [5, 5.41) is 12.7. The number of rotatable bonds is 6. The number of aliphatic hydroxyl groups is 1. The van der Waals surface area contributed by atoms with Gasteiger partial charge in [-0.3, -0.25) is 4.79 Å². The minimum Gasteiger partial charge on any atom is -0.497 e. The SMILES string of the molecule is COc1cc(OC)cc(C(=O)NCC2(CO)CCCCC2)c1. The van der Waals surface area contributed by atoms with Crippen molar-refractivity contribution in [1.29, 1.82) is 0 Å². The van der Waals surface area contributed by atoms with Gasteiger partial charge in [-0.1, -0.05) is 19.3 Å². The number of nitrogens with one attached hydrogen (secondary N) is 1. The molecule has 0 heterocycles. The zero-order valence-corrected chi connectivity index (χ0v) is 13.4. The molecular weight excluding hydrogens is 282 g/mol. The molecule has 0 radical (unpaired) electrons. The van der Waals surface area contributed by atoms with Gasteiger partial charge in [-0.25, -0.2) is 0 Å². The van der Waals surface area contributed by atoms with E-state index in [4.69, 9.17) is 9.47 Å². The van der Waals surface area contributed by atoms with Crippen LogP contribution in [0.2, 0.25) is 0 Å². The maximum Gasteiger partial charge on any atom is 0.251 e. The van der Waals surface area contributed by atoms with E-state index in [1.165, 1.54) is 6.42 Å². The number of carbonyl (C=O) groups is 1. The van der Waals surface area contributed by atoms with Crippen LogP contribution in [0.4, 0.5) is 0 Å². The average Bonchev–Trinajstić information content (AvgIpc) is 2.59. The monoisotopic (exact) mass is 307 g/mol. The van der Waals surface area contributed by atoms with E-state index in [0.717, 1.165) is 25.7 Å². The third-order valence-electron chi connectivity index (χ3n) is 4.49. The normalized spacial score (nSPS) is 16.9. The number of hydrogen-bond donors (Lipinski definition) is 2. The van der Waals surface area contributed by atoms with E-state index in [1.54, 1.807) is 32.4 Å². The summed E-state index contributed by atoms with van der Waals surface area (Å²) >= 11 is 0. The molecule has 5 heteroatoms. The third kappa shape index (κ3) is 3.91. The smallest absolute Gasteiger partial charge is 0.251 e. The molecule has 1 aliphatic carbocycles. The number of ether oxygens (including phenoxy) is 2. The van der Waals surface area contributed by atoms with Gasteiger partial charge in [-0.15, -0.1) is 0 Å². The second kappa shape index (κ2) is 7.49. The van der Waals surface area contributed by atoms with Crippen molar-refractivity contribution in [2.45, 2.75) is 32.1 Å². The van der Waals surface area contributed by atoms with E-state index in [9.17, 15) is 9.90 Å². The molecule has 0 atom stereocenters. The standard InChI is InChI=1S/C17H25NO4/c1-21-14-8-13(9-15(10-14)22-2)16(20)18-11-17(12-19)6-4-3-5-7-17/h8-10,19H,3-7,11-12H2,1-2H3,(H,18,20). The number of hydrogen-bond acceptors (Lipinski definition) is 4. The van der Waals surface area contributed by atoms with E-state index in [0.29, 0.717) is 23.6 Å². The highest BCUT2D eigenvalue weighted by Gasteiger charge is 2.31. The molecule has 122 valence electrons. The molecule has 1 aliphatic rings. The van der Waals surface area contributed by atoms with Crippen LogP contribution in [0.3, 0.4) is 0 Å². The largest absolute Gasteiger partial charge is 0.497 e. The van der Waals surface area contributed by atoms with Crippen molar-refractivity contribution in [2.24, 2.45) is 5.41 Å². The van der Waals surface area contributed by atoms with Crippen LogP contribution >= 0.6 is 0 Å². The van der Waals surface area contributed by atoms with Crippen LogP contribution < -0.4 is 14.8 Å². The summed E-state index contributed by atoms with van der Waals surface area (Å²) in [4.78, 5) is 12.4. The maximum atomic E-state index is 12.4. The summed E-state index contributed by atoms with van der Waals surface area (Å²) in [7, 11) is 3.11. The summed E-state index contributed by atoms with van der Waals surface area (Å²) in [6.45, 7) is 0.622. The number of benzene rings is 1. The molecule has 1 amide bonds. The van der Waals surface area contributed by atoms with E-state index < -0.39 is 0 Å². The predicted molar refractivity (Wildman–Crippen MR) is 84.5 cm³/mol. The second-order valence-corrected chi connectivity index (χ2v) is 6.00. The molecular formula is C17H25NO4. The number of carbonyl (C=O) groups excluding carboxylic acids is 1. The quantitative estimate of drug-likeness (QED) is 0.846. The molecule has 1 aromatic rings. The second-order valence-electron chi connectivity index (χ2n) is 6.00. The fourth-order valence-corrected chi connectivity index (χ4v) is 3.00. The third-order valence-corrected chi connectivity index (χ3v) is 4.49. The molecule has 2 rings (SSSR count). The minimum atomic E-state index is -0.171. The Morgan fingerprint density at radius 2 is 1.73 bits per heavy atom. The summed E-state index contributed by atoms with van der Waals surface area (Å²) < 4.78 is 10.4. The molecule has 5 nitrogen and oxygen atoms in total. The highest BCUT2D eigenvalue weighted by atomic mass is 16.5. The van der Waals surface area contributed by atoms with Gasteiger partial charge < -0.3 is 19.9 Å². The van der Waals surface area contributed by atoms with E-state index in [2.05, 4.69) is 5.32 Å². The van der Waals surface area contributed by atoms with Gasteiger partial charge in [0.2, 0.25) is 0 Å². The van der Waals surface area contributed by atoms with Crippen LogP contribution in [-0.4, -0.2) is 38.4 Å². The van der Waals surface area contributed by atoms with Crippen molar-refractivity contribution < 1.29 is 19.4 Å². The van der Waals surface area contributed by atoms with Crippen molar-refractivity contribution in [3.63, 3.8) is 0 Å².